The third-order valence-corrected chi connectivity index (χ3v) is 4.57. The highest BCUT2D eigenvalue weighted by Gasteiger charge is 2.35. The molecule has 17 heavy (non-hydrogen) atoms. The van der Waals surface area contributed by atoms with Crippen LogP contribution in [0.3, 0.4) is 0 Å². The molecule has 1 fully saturated rings. The Bertz CT molecular complexity index is 415. The Balaban J connectivity index is 1.61. The quantitative estimate of drug-likeness (QED) is 0.860. The summed E-state index contributed by atoms with van der Waals surface area (Å²) >= 11 is 0. The summed E-state index contributed by atoms with van der Waals surface area (Å²) in [5.74, 6) is 0.770. The van der Waals surface area contributed by atoms with Gasteiger partial charge in [0.1, 0.15) is 0 Å². The number of fused-ring (bicyclic) bond motifs is 1. The summed E-state index contributed by atoms with van der Waals surface area (Å²) in [6.45, 7) is 6.79. The predicted octanol–water partition coefficient (Wildman–Crippen LogP) is 2.00. The molecule has 1 aliphatic heterocycles. The van der Waals surface area contributed by atoms with Crippen molar-refractivity contribution in [2.45, 2.75) is 25.7 Å². The lowest BCUT2D eigenvalue weighted by atomic mass is 9.77. The molecule has 1 aliphatic carbocycles. The maximum atomic E-state index is 5.86. The molecular formula is C15H22N2. The van der Waals surface area contributed by atoms with Gasteiger partial charge in [0.15, 0.2) is 0 Å². The Morgan fingerprint density at radius 1 is 1.41 bits per heavy atom. The van der Waals surface area contributed by atoms with Crippen LogP contribution in [0.1, 0.15) is 30.4 Å². The molecule has 2 aliphatic rings. The van der Waals surface area contributed by atoms with Crippen molar-refractivity contribution in [3.8, 4) is 0 Å². The van der Waals surface area contributed by atoms with Gasteiger partial charge in [-0.25, -0.2) is 0 Å². The molecule has 2 heteroatoms. The van der Waals surface area contributed by atoms with Crippen LogP contribution in [0.25, 0.3) is 0 Å². The summed E-state index contributed by atoms with van der Waals surface area (Å²) < 4.78 is 0. The Morgan fingerprint density at radius 3 is 2.94 bits per heavy atom. The van der Waals surface area contributed by atoms with E-state index in [-0.39, 0.29) is 0 Å². The van der Waals surface area contributed by atoms with E-state index in [2.05, 4.69) is 36.1 Å². The molecule has 3 rings (SSSR count). The summed E-state index contributed by atoms with van der Waals surface area (Å²) in [6, 6.07) is 8.87. The molecule has 0 bridgehead atoms. The maximum absolute atomic E-state index is 5.86. The van der Waals surface area contributed by atoms with Crippen molar-refractivity contribution in [1.29, 1.82) is 0 Å². The lowest BCUT2D eigenvalue weighted by molar-refractivity contribution is 0.259. The minimum absolute atomic E-state index is 0.364. The summed E-state index contributed by atoms with van der Waals surface area (Å²) in [5.41, 5.74) is 9.35. The van der Waals surface area contributed by atoms with Crippen molar-refractivity contribution < 1.29 is 0 Å². The van der Waals surface area contributed by atoms with Crippen LogP contribution in [0, 0.1) is 5.41 Å². The molecule has 1 aromatic carbocycles. The number of benzene rings is 1. The van der Waals surface area contributed by atoms with Crippen LogP contribution in [0.2, 0.25) is 0 Å². The SMILES string of the molecule is CC1(CN)CCN(CC2Cc3ccccc32)C1. The average Bonchev–Trinajstić information content (AvgIpc) is 2.69. The third kappa shape index (κ3) is 2.00. The van der Waals surface area contributed by atoms with E-state index in [4.69, 9.17) is 5.73 Å². The van der Waals surface area contributed by atoms with E-state index in [1.807, 2.05) is 0 Å². The Labute approximate surface area is 104 Å². The first-order chi connectivity index (χ1) is 8.20. The largest absolute Gasteiger partial charge is 0.330 e. The van der Waals surface area contributed by atoms with Crippen LogP contribution in [-0.4, -0.2) is 31.1 Å². The van der Waals surface area contributed by atoms with E-state index in [1.54, 1.807) is 11.1 Å². The van der Waals surface area contributed by atoms with Gasteiger partial charge in [-0.3, -0.25) is 0 Å². The van der Waals surface area contributed by atoms with Gasteiger partial charge in [-0.05, 0) is 42.5 Å². The Hall–Kier alpha value is -0.860. The number of likely N-dealkylation sites (tertiary alicyclic amines) is 1. The monoisotopic (exact) mass is 230 g/mol. The van der Waals surface area contributed by atoms with Crippen LogP contribution in [-0.2, 0) is 6.42 Å². The molecule has 0 radical (unpaired) electrons. The molecule has 1 aromatic rings. The first kappa shape index (κ1) is 11.2. The van der Waals surface area contributed by atoms with Gasteiger partial charge in [-0.15, -0.1) is 0 Å². The summed E-state index contributed by atoms with van der Waals surface area (Å²) in [4.78, 5) is 2.60. The van der Waals surface area contributed by atoms with Crippen LogP contribution < -0.4 is 5.73 Å². The third-order valence-electron chi connectivity index (χ3n) is 4.57. The lowest BCUT2D eigenvalue weighted by Crippen LogP contribution is -2.35. The molecule has 2 atom stereocenters. The van der Waals surface area contributed by atoms with Crippen molar-refractivity contribution >= 4 is 0 Å². The smallest absolute Gasteiger partial charge is 0.00538 e. The molecule has 92 valence electrons. The fourth-order valence-corrected chi connectivity index (χ4v) is 3.29. The Morgan fingerprint density at radius 2 is 2.24 bits per heavy atom. The summed E-state index contributed by atoms with van der Waals surface area (Å²) in [5, 5.41) is 0. The van der Waals surface area contributed by atoms with Crippen molar-refractivity contribution in [2.75, 3.05) is 26.2 Å². The second kappa shape index (κ2) is 4.11. The summed E-state index contributed by atoms with van der Waals surface area (Å²) in [6.07, 6.45) is 2.53. The van der Waals surface area contributed by atoms with Gasteiger partial charge in [0.05, 0.1) is 0 Å². The van der Waals surface area contributed by atoms with Crippen LogP contribution in [0.15, 0.2) is 24.3 Å². The molecule has 1 saturated heterocycles. The molecule has 0 saturated carbocycles. The molecular weight excluding hydrogens is 208 g/mol. The van der Waals surface area contributed by atoms with E-state index in [9.17, 15) is 0 Å². The molecule has 0 amide bonds. The zero-order valence-corrected chi connectivity index (χ0v) is 10.7. The molecule has 2 N–H and O–H groups in total. The highest BCUT2D eigenvalue weighted by molar-refractivity contribution is 5.40. The van der Waals surface area contributed by atoms with E-state index < -0.39 is 0 Å². The normalized spacial score (nSPS) is 32.2. The first-order valence-electron chi connectivity index (χ1n) is 6.70. The number of hydrogen-bond acceptors (Lipinski definition) is 2. The van der Waals surface area contributed by atoms with Gasteiger partial charge in [0.2, 0.25) is 0 Å². The number of rotatable bonds is 3. The highest BCUT2D eigenvalue weighted by Crippen LogP contribution is 2.37. The van der Waals surface area contributed by atoms with Gasteiger partial charge in [0.25, 0.3) is 0 Å². The van der Waals surface area contributed by atoms with E-state index in [1.165, 1.54) is 32.5 Å². The highest BCUT2D eigenvalue weighted by atomic mass is 15.2. The van der Waals surface area contributed by atoms with E-state index in [0.29, 0.717) is 5.41 Å². The van der Waals surface area contributed by atoms with Gasteiger partial charge in [-0.2, -0.15) is 0 Å². The summed E-state index contributed by atoms with van der Waals surface area (Å²) in [7, 11) is 0. The van der Waals surface area contributed by atoms with Crippen molar-refractivity contribution in [3.63, 3.8) is 0 Å². The predicted molar refractivity (Wildman–Crippen MR) is 71.1 cm³/mol. The number of nitrogens with zero attached hydrogens (tertiary/aromatic N) is 1. The van der Waals surface area contributed by atoms with Gasteiger partial charge in [0, 0.05) is 19.0 Å². The van der Waals surface area contributed by atoms with Gasteiger partial charge < -0.3 is 10.6 Å². The second-order valence-corrected chi connectivity index (χ2v) is 6.10. The van der Waals surface area contributed by atoms with Crippen molar-refractivity contribution in [2.24, 2.45) is 11.1 Å². The Kier molecular flexibility index (Phi) is 2.72. The zero-order valence-electron chi connectivity index (χ0n) is 10.7. The van der Waals surface area contributed by atoms with Gasteiger partial charge in [-0.1, -0.05) is 31.2 Å². The van der Waals surface area contributed by atoms with Crippen molar-refractivity contribution in [1.82, 2.24) is 4.90 Å². The van der Waals surface area contributed by atoms with Crippen molar-refractivity contribution in [3.05, 3.63) is 35.4 Å². The standard InChI is InChI=1S/C15H22N2/c1-15(10-16)6-7-17(11-15)9-13-8-12-4-2-3-5-14(12)13/h2-5,13H,6-11,16H2,1H3. The number of hydrogen-bond donors (Lipinski definition) is 1. The van der Waals surface area contributed by atoms with Crippen LogP contribution in [0.5, 0.6) is 0 Å². The average molecular weight is 230 g/mol. The zero-order chi connectivity index (χ0) is 11.9. The fourth-order valence-electron chi connectivity index (χ4n) is 3.29. The van der Waals surface area contributed by atoms with Crippen LogP contribution >= 0.6 is 0 Å². The molecule has 0 spiro atoms. The molecule has 0 aromatic heterocycles. The first-order valence-corrected chi connectivity index (χ1v) is 6.70. The second-order valence-electron chi connectivity index (χ2n) is 6.10. The minimum atomic E-state index is 0.364. The number of nitrogens with two attached hydrogens (primary N) is 1. The van der Waals surface area contributed by atoms with E-state index in [0.717, 1.165) is 12.5 Å². The van der Waals surface area contributed by atoms with Gasteiger partial charge >= 0.3 is 0 Å². The molecule has 2 unspecified atom stereocenters. The molecule has 2 nitrogen and oxygen atoms in total. The fraction of sp³-hybridized carbons (Fsp3) is 0.600. The van der Waals surface area contributed by atoms with Crippen LogP contribution in [0.4, 0.5) is 0 Å². The lowest BCUT2D eigenvalue weighted by Gasteiger charge is -2.34. The van der Waals surface area contributed by atoms with E-state index >= 15 is 0 Å². The minimum Gasteiger partial charge on any atom is -0.330 e. The molecule has 1 heterocycles. The maximum Gasteiger partial charge on any atom is 0.00538 e. The topological polar surface area (TPSA) is 29.3 Å².